The lowest BCUT2D eigenvalue weighted by atomic mass is 9.99. The molecule has 2 aliphatic heterocycles. The van der Waals surface area contributed by atoms with E-state index in [4.69, 9.17) is 14.6 Å². The van der Waals surface area contributed by atoms with Gasteiger partial charge in [-0.2, -0.15) is 5.10 Å². The summed E-state index contributed by atoms with van der Waals surface area (Å²) in [6, 6.07) is 22.3. The zero-order valence-corrected chi connectivity index (χ0v) is 23.7. The number of nitrogens with one attached hydrogen (secondary N) is 1. The molecule has 1 unspecified atom stereocenters. The average molecular weight is 567 g/mol. The van der Waals surface area contributed by atoms with Crippen LogP contribution in [0.4, 0.5) is 5.82 Å². The van der Waals surface area contributed by atoms with Gasteiger partial charge in [0.25, 0.3) is 0 Å². The molecule has 1 aromatic heterocycles. The van der Waals surface area contributed by atoms with Crippen LogP contribution in [0.2, 0.25) is 0 Å². The van der Waals surface area contributed by atoms with Crippen molar-refractivity contribution in [2.75, 3.05) is 24.0 Å². The van der Waals surface area contributed by atoms with Gasteiger partial charge in [0.2, 0.25) is 18.6 Å². The fraction of sp³-hybridized carbons (Fsp3) is 0.281. The van der Waals surface area contributed by atoms with Crippen LogP contribution in [0.1, 0.15) is 40.3 Å². The molecule has 9 heteroatoms. The summed E-state index contributed by atoms with van der Waals surface area (Å²) in [6.45, 7) is 4.25. The number of hydrogen-bond acceptors (Lipinski definition) is 6. The number of aromatic nitrogens is 2. The number of ether oxygens (including phenoxy) is 2. The van der Waals surface area contributed by atoms with Crippen LogP contribution in [-0.2, 0) is 9.59 Å². The largest absolute Gasteiger partial charge is 0.454 e. The van der Waals surface area contributed by atoms with Crippen molar-refractivity contribution < 1.29 is 19.1 Å². The lowest BCUT2D eigenvalue weighted by molar-refractivity contribution is -0.123. The van der Waals surface area contributed by atoms with Gasteiger partial charge in [-0.1, -0.05) is 48.5 Å². The molecule has 7 rings (SSSR count). The van der Waals surface area contributed by atoms with Gasteiger partial charge < -0.3 is 14.8 Å². The van der Waals surface area contributed by atoms with Crippen LogP contribution in [0.5, 0.6) is 11.5 Å². The first-order chi connectivity index (χ1) is 20.0. The van der Waals surface area contributed by atoms with Crippen LogP contribution >= 0.6 is 11.8 Å². The molecule has 0 bridgehead atoms. The number of amides is 2. The number of carbonyl (C=O) groups is 2. The molecular formula is C32H30N4O4S. The van der Waals surface area contributed by atoms with Gasteiger partial charge in [-0.25, -0.2) is 4.68 Å². The number of anilines is 1. The van der Waals surface area contributed by atoms with E-state index in [9.17, 15) is 9.59 Å². The highest BCUT2D eigenvalue weighted by Crippen LogP contribution is 2.50. The van der Waals surface area contributed by atoms with Gasteiger partial charge in [-0.05, 0) is 61.6 Å². The van der Waals surface area contributed by atoms with E-state index in [0.29, 0.717) is 17.3 Å². The van der Waals surface area contributed by atoms with Crippen LogP contribution in [0, 0.1) is 13.8 Å². The highest BCUT2D eigenvalue weighted by atomic mass is 32.2. The quantitative estimate of drug-likeness (QED) is 0.340. The highest BCUT2D eigenvalue weighted by Gasteiger charge is 2.39. The van der Waals surface area contributed by atoms with Crippen molar-refractivity contribution >= 4 is 29.4 Å². The fourth-order valence-corrected chi connectivity index (χ4v) is 6.63. The molecule has 208 valence electrons. The third-order valence-electron chi connectivity index (χ3n) is 7.88. The Labute approximate surface area is 242 Å². The first-order valence-corrected chi connectivity index (χ1v) is 14.9. The van der Waals surface area contributed by atoms with Gasteiger partial charge in [0.15, 0.2) is 11.5 Å². The summed E-state index contributed by atoms with van der Waals surface area (Å²) in [5.41, 5.74) is 6.65. The number of thioether (sulfide) groups is 1. The van der Waals surface area contributed by atoms with E-state index in [1.807, 2.05) is 65.3 Å². The fourth-order valence-electron chi connectivity index (χ4n) is 5.45. The normalized spacial score (nSPS) is 17.8. The topological polar surface area (TPSA) is 85.7 Å². The van der Waals surface area contributed by atoms with Crippen molar-refractivity contribution in [2.24, 2.45) is 0 Å². The molecule has 1 saturated carbocycles. The first-order valence-electron chi connectivity index (χ1n) is 13.8. The second-order valence-corrected chi connectivity index (χ2v) is 11.8. The second kappa shape index (κ2) is 10.3. The van der Waals surface area contributed by atoms with Crippen LogP contribution < -0.4 is 19.7 Å². The maximum Gasteiger partial charge on any atom is 0.240 e. The number of aryl methyl sites for hydroxylation is 1. The van der Waals surface area contributed by atoms with Crippen molar-refractivity contribution in [3.8, 4) is 28.4 Å². The van der Waals surface area contributed by atoms with Crippen molar-refractivity contribution in [1.82, 2.24) is 15.1 Å². The minimum atomic E-state index is -0.242. The van der Waals surface area contributed by atoms with Gasteiger partial charge in [0.05, 0.1) is 22.4 Å². The molecule has 41 heavy (non-hydrogen) atoms. The van der Waals surface area contributed by atoms with E-state index in [1.54, 1.807) is 16.7 Å². The van der Waals surface area contributed by atoms with Gasteiger partial charge in [-0.3, -0.25) is 14.5 Å². The summed E-state index contributed by atoms with van der Waals surface area (Å²) in [4.78, 5) is 28.7. The Morgan fingerprint density at radius 1 is 1.02 bits per heavy atom. The summed E-state index contributed by atoms with van der Waals surface area (Å²) < 4.78 is 13.2. The molecule has 1 atom stereocenters. The molecule has 0 radical (unpaired) electrons. The van der Waals surface area contributed by atoms with E-state index in [0.717, 1.165) is 52.0 Å². The molecule has 4 aromatic rings. The van der Waals surface area contributed by atoms with Crippen LogP contribution in [-0.4, -0.2) is 46.7 Å². The lowest BCUT2D eigenvalue weighted by Gasteiger charge is -2.24. The number of fused-ring (bicyclic) bond motifs is 2. The summed E-state index contributed by atoms with van der Waals surface area (Å²) in [6.07, 6.45) is 1.96. The second-order valence-electron chi connectivity index (χ2n) is 10.7. The molecular weight excluding hydrogens is 536 g/mol. The Balaban J connectivity index is 1.48. The Bertz CT molecular complexity index is 1660. The van der Waals surface area contributed by atoms with Crippen molar-refractivity contribution in [1.29, 1.82) is 0 Å². The molecule has 0 spiro atoms. The minimum absolute atomic E-state index is 0.0679. The standard InChI is InChI=1S/C32H30N4O4S/c1-19-7-6-10-24(20(19)2)36-32-29(30(34-36)21-8-4-3-5-9-21)31(22-11-14-25-26(15-22)40-18-39-25)41-17-28(38)35(32)16-27(37)33-23-12-13-23/h3-11,14-15,23,31H,12-13,16-18H2,1-2H3,(H,33,37). The molecule has 1 aliphatic carbocycles. The summed E-state index contributed by atoms with van der Waals surface area (Å²) in [5.74, 6) is 1.94. The third kappa shape index (κ3) is 4.74. The predicted octanol–water partition coefficient (Wildman–Crippen LogP) is 5.33. The Kier molecular flexibility index (Phi) is 6.46. The van der Waals surface area contributed by atoms with Crippen molar-refractivity contribution in [2.45, 2.75) is 38.0 Å². The molecule has 1 fully saturated rings. The maximum absolute atomic E-state index is 13.9. The lowest BCUT2D eigenvalue weighted by Crippen LogP contribution is -2.43. The summed E-state index contributed by atoms with van der Waals surface area (Å²) in [7, 11) is 0. The van der Waals surface area contributed by atoms with E-state index in [2.05, 4.69) is 25.2 Å². The van der Waals surface area contributed by atoms with Gasteiger partial charge in [0.1, 0.15) is 12.4 Å². The number of carbonyl (C=O) groups excluding carboxylic acids is 2. The summed E-state index contributed by atoms with van der Waals surface area (Å²) >= 11 is 1.54. The zero-order chi connectivity index (χ0) is 28.1. The molecule has 8 nitrogen and oxygen atoms in total. The van der Waals surface area contributed by atoms with Crippen LogP contribution in [0.25, 0.3) is 16.9 Å². The van der Waals surface area contributed by atoms with Crippen molar-refractivity contribution in [3.05, 3.63) is 89.0 Å². The minimum Gasteiger partial charge on any atom is -0.454 e. The van der Waals surface area contributed by atoms with Gasteiger partial charge in [-0.15, -0.1) is 11.8 Å². The maximum atomic E-state index is 13.9. The number of hydrogen-bond donors (Lipinski definition) is 1. The Morgan fingerprint density at radius 3 is 2.63 bits per heavy atom. The molecule has 3 aromatic carbocycles. The first kappa shape index (κ1) is 25.7. The SMILES string of the molecule is Cc1cccc(-n2nc(-c3ccccc3)c3c2N(CC(=O)NC2CC2)C(=O)CSC3c2ccc3c(c2)OCO3)c1C. The molecule has 3 aliphatic rings. The molecule has 1 N–H and O–H groups in total. The van der Waals surface area contributed by atoms with E-state index >= 15 is 0 Å². The highest BCUT2D eigenvalue weighted by molar-refractivity contribution is 8.00. The Hall–Kier alpha value is -4.24. The average Bonchev–Trinajstić information content (AvgIpc) is 3.56. The number of benzene rings is 3. The molecule has 2 amide bonds. The number of nitrogens with zero attached hydrogens (tertiary/aromatic N) is 3. The number of rotatable bonds is 6. The monoisotopic (exact) mass is 566 g/mol. The smallest absolute Gasteiger partial charge is 0.240 e. The van der Waals surface area contributed by atoms with Crippen LogP contribution in [0.15, 0.2) is 66.7 Å². The molecule has 3 heterocycles. The Morgan fingerprint density at radius 2 is 1.83 bits per heavy atom. The van der Waals surface area contributed by atoms with E-state index in [-0.39, 0.29) is 42.2 Å². The summed E-state index contributed by atoms with van der Waals surface area (Å²) in [5, 5.41) is 8.03. The van der Waals surface area contributed by atoms with Crippen LogP contribution in [0.3, 0.4) is 0 Å². The van der Waals surface area contributed by atoms with Gasteiger partial charge in [0, 0.05) is 17.2 Å². The predicted molar refractivity (Wildman–Crippen MR) is 159 cm³/mol. The van der Waals surface area contributed by atoms with Crippen molar-refractivity contribution in [3.63, 3.8) is 0 Å². The van der Waals surface area contributed by atoms with Gasteiger partial charge >= 0.3 is 0 Å². The van der Waals surface area contributed by atoms with E-state index in [1.165, 1.54) is 0 Å². The zero-order valence-electron chi connectivity index (χ0n) is 22.9. The third-order valence-corrected chi connectivity index (χ3v) is 9.14. The van der Waals surface area contributed by atoms with E-state index < -0.39 is 0 Å². The molecule has 0 saturated heterocycles.